The fourth-order valence-corrected chi connectivity index (χ4v) is 6.06. The number of hydrogen-bond acceptors (Lipinski definition) is 6. The number of aryl methyl sites for hydroxylation is 1. The second-order valence-corrected chi connectivity index (χ2v) is 11.5. The number of nitrogens with zero attached hydrogens (tertiary/aromatic N) is 4. The molecule has 5 rings (SSSR count). The Morgan fingerprint density at radius 3 is 2.69 bits per heavy atom. The molecule has 2 aliphatic rings. The zero-order valence-electron chi connectivity index (χ0n) is 24.5. The topological polar surface area (TPSA) is 120 Å². The average Bonchev–Trinajstić information content (AvgIpc) is 3.73. The number of anilines is 2. The minimum Gasteiger partial charge on any atom is -0.395 e. The highest BCUT2D eigenvalue weighted by Gasteiger charge is 2.23. The third kappa shape index (κ3) is 7.17. The Balaban J connectivity index is 1.36. The molecule has 3 N–H and O–H groups in total. The predicted octanol–water partition coefficient (Wildman–Crippen LogP) is 3.93. The maximum atomic E-state index is 13.3. The summed E-state index contributed by atoms with van der Waals surface area (Å²) in [7, 11) is 1.81. The van der Waals surface area contributed by atoms with Crippen molar-refractivity contribution in [2.24, 2.45) is 5.92 Å². The molecule has 42 heavy (non-hydrogen) atoms. The molecule has 0 radical (unpaired) electrons. The Labute approximate surface area is 247 Å². The molecular weight excluding hydrogens is 532 g/mol. The molecule has 0 unspecified atom stereocenters. The molecule has 1 saturated carbocycles. The Morgan fingerprint density at radius 2 is 1.93 bits per heavy atom. The van der Waals surface area contributed by atoms with E-state index in [1.807, 2.05) is 52.9 Å². The molecule has 1 aliphatic carbocycles. The van der Waals surface area contributed by atoms with Crippen LogP contribution in [0.5, 0.6) is 0 Å². The third-order valence-corrected chi connectivity index (χ3v) is 8.44. The van der Waals surface area contributed by atoms with Gasteiger partial charge in [-0.2, -0.15) is 0 Å². The minimum atomic E-state index is -0.269. The van der Waals surface area contributed by atoms with Gasteiger partial charge in [0.25, 0.3) is 5.91 Å². The largest absolute Gasteiger partial charge is 0.395 e. The van der Waals surface area contributed by atoms with Gasteiger partial charge in [-0.05, 0) is 67.5 Å². The van der Waals surface area contributed by atoms with Crippen molar-refractivity contribution in [3.63, 3.8) is 0 Å². The van der Waals surface area contributed by atoms with Gasteiger partial charge in [0.1, 0.15) is 0 Å². The normalized spacial score (nSPS) is 15.6. The van der Waals surface area contributed by atoms with Gasteiger partial charge in [-0.15, -0.1) is 0 Å². The number of nitrogens with one attached hydrogen (secondary N) is 2. The molecule has 0 bridgehead atoms. The van der Waals surface area contributed by atoms with E-state index in [-0.39, 0.29) is 24.3 Å². The summed E-state index contributed by atoms with van der Waals surface area (Å²) in [5.41, 5.74) is 3.79. The molecule has 2 heterocycles. The maximum absolute atomic E-state index is 13.3. The molecule has 0 atom stereocenters. The predicted molar refractivity (Wildman–Crippen MR) is 163 cm³/mol. The quantitative estimate of drug-likeness (QED) is 0.266. The monoisotopic (exact) mass is 574 g/mol. The SMILES string of the molecule is CN(C(=O)CC1CCCC1)c1ccc2c(c1)nc(NC(=O)c1cccc(CNCCO)c1)n2CCCN1CCCC1=O. The summed E-state index contributed by atoms with van der Waals surface area (Å²) in [5, 5.41) is 15.2. The first kappa shape index (κ1) is 29.7. The molecule has 0 spiro atoms. The van der Waals surface area contributed by atoms with Crippen LogP contribution in [0.3, 0.4) is 0 Å². The second-order valence-electron chi connectivity index (χ2n) is 11.5. The van der Waals surface area contributed by atoms with Crippen LogP contribution in [0, 0.1) is 5.92 Å². The zero-order chi connectivity index (χ0) is 29.5. The van der Waals surface area contributed by atoms with E-state index in [1.165, 1.54) is 12.8 Å². The van der Waals surface area contributed by atoms with Gasteiger partial charge in [0.15, 0.2) is 0 Å². The molecule has 2 fully saturated rings. The average molecular weight is 575 g/mol. The van der Waals surface area contributed by atoms with Gasteiger partial charge in [0.2, 0.25) is 17.8 Å². The van der Waals surface area contributed by atoms with Gasteiger partial charge in [-0.1, -0.05) is 25.0 Å². The van der Waals surface area contributed by atoms with E-state index in [1.54, 1.807) is 11.0 Å². The third-order valence-electron chi connectivity index (χ3n) is 8.44. The summed E-state index contributed by atoms with van der Waals surface area (Å²) in [6, 6.07) is 13.2. The number of fused-ring (bicyclic) bond motifs is 1. The number of amides is 3. The van der Waals surface area contributed by atoms with Crippen molar-refractivity contribution in [1.82, 2.24) is 19.8 Å². The molecular formula is C32H42N6O4. The lowest BCUT2D eigenvalue weighted by atomic mass is 10.0. The van der Waals surface area contributed by atoms with Crippen LogP contribution in [0.2, 0.25) is 0 Å². The summed E-state index contributed by atoms with van der Waals surface area (Å²) in [5.74, 6) is 0.939. The maximum Gasteiger partial charge on any atom is 0.257 e. The van der Waals surface area contributed by atoms with Crippen molar-refractivity contribution in [1.29, 1.82) is 0 Å². The van der Waals surface area contributed by atoms with Gasteiger partial charge in [0.05, 0.1) is 17.6 Å². The zero-order valence-corrected chi connectivity index (χ0v) is 24.5. The minimum absolute atomic E-state index is 0.0501. The van der Waals surface area contributed by atoms with Gasteiger partial charge in [0, 0.05) is 63.9 Å². The molecule has 10 heteroatoms. The van der Waals surface area contributed by atoms with E-state index in [4.69, 9.17) is 10.1 Å². The number of aliphatic hydroxyl groups excluding tert-OH is 1. The molecule has 1 saturated heterocycles. The first-order valence-electron chi connectivity index (χ1n) is 15.2. The van der Waals surface area contributed by atoms with Crippen LogP contribution in [0.1, 0.15) is 67.3 Å². The van der Waals surface area contributed by atoms with Crippen LogP contribution < -0.4 is 15.5 Å². The Bertz CT molecular complexity index is 1410. The van der Waals surface area contributed by atoms with Crippen LogP contribution in [0.4, 0.5) is 11.6 Å². The van der Waals surface area contributed by atoms with Crippen LogP contribution in [0.15, 0.2) is 42.5 Å². The molecule has 224 valence electrons. The summed E-state index contributed by atoms with van der Waals surface area (Å²) >= 11 is 0. The number of benzene rings is 2. The Morgan fingerprint density at radius 1 is 1.10 bits per heavy atom. The summed E-state index contributed by atoms with van der Waals surface area (Å²) in [6.07, 6.45) is 7.46. The molecule has 3 amide bonds. The highest BCUT2D eigenvalue weighted by molar-refractivity contribution is 6.04. The number of carbonyl (C=O) groups is 3. The lowest BCUT2D eigenvalue weighted by Crippen LogP contribution is -2.27. The van der Waals surface area contributed by atoms with Crippen molar-refractivity contribution in [3.05, 3.63) is 53.6 Å². The fourth-order valence-electron chi connectivity index (χ4n) is 6.06. The molecule has 1 aliphatic heterocycles. The lowest BCUT2D eigenvalue weighted by molar-refractivity contribution is -0.127. The van der Waals surface area contributed by atoms with Crippen molar-refractivity contribution < 1.29 is 19.5 Å². The smallest absolute Gasteiger partial charge is 0.257 e. The van der Waals surface area contributed by atoms with Crippen molar-refractivity contribution in [2.45, 2.75) is 64.5 Å². The summed E-state index contributed by atoms with van der Waals surface area (Å²) in [4.78, 5) is 46.9. The van der Waals surface area contributed by atoms with E-state index in [9.17, 15) is 14.4 Å². The van der Waals surface area contributed by atoms with Crippen molar-refractivity contribution >= 4 is 40.4 Å². The molecule has 1 aromatic heterocycles. The van der Waals surface area contributed by atoms with E-state index >= 15 is 0 Å². The van der Waals surface area contributed by atoms with E-state index in [0.29, 0.717) is 62.0 Å². The number of rotatable bonds is 13. The summed E-state index contributed by atoms with van der Waals surface area (Å²) in [6.45, 7) is 3.11. The number of aromatic nitrogens is 2. The first-order valence-corrected chi connectivity index (χ1v) is 15.2. The van der Waals surface area contributed by atoms with Crippen molar-refractivity contribution in [2.75, 3.05) is 43.5 Å². The van der Waals surface area contributed by atoms with E-state index in [0.717, 1.165) is 49.0 Å². The molecule has 10 nitrogen and oxygen atoms in total. The number of hydrogen-bond donors (Lipinski definition) is 3. The van der Waals surface area contributed by atoms with Crippen LogP contribution in [-0.2, 0) is 22.7 Å². The Hall–Kier alpha value is -3.76. The fraction of sp³-hybridized carbons (Fsp3) is 0.500. The van der Waals surface area contributed by atoms with Gasteiger partial charge in [-0.25, -0.2) is 4.98 Å². The standard InChI is InChI=1S/C32H42N6O4/c1-36(30(41)20-23-7-2-3-8-23)26-12-13-28-27(21-26)34-32(38(28)17-6-16-37-15-5-11-29(37)40)35-31(42)25-10-4-9-24(19-25)22-33-14-18-39/h4,9-10,12-13,19,21,23,33,39H,2-3,5-8,11,14-18,20,22H2,1H3,(H,34,35,42). The van der Waals surface area contributed by atoms with Gasteiger partial charge < -0.3 is 24.8 Å². The molecule has 2 aromatic carbocycles. The first-order chi connectivity index (χ1) is 20.4. The van der Waals surface area contributed by atoms with Gasteiger partial charge in [-0.3, -0.25) is 19.7 Å². The van der Waals surface area contributed by atoms with Crippen LogP contribution in [0.25, 0.3) is 11.0 Å². The Kier molecular flexibility index (Phi) is 9.86. The van der Waals surface area contributed by atoms with Crippen molar-refractivity contribution in [3.8, 4) is 0 Å². The van der Waals surface area contributed by atoms with Crippen LogP contribution in [-0.4, -0.2) is 70.6 Å². The molecule has 3 aromatic rings. The lowest BCUT2D eigenvalue weighted by Gasteiger charge is -2.19. The van der Waals surface area contributed by atoms with Gasteiger partial charge >= 0.3 is 0 Å². The highest BCUT2D eigenvalue weighted by atomic mass is 16.3. The number of likely N-dealkylation sites (tertiary alicyclic amines) is 1. The number of imidazole rings is 1. The van der Waals surface area contributed by atoms with E-state index in [2.05, 4.69) is 10.6 Å². The number of carbonyl (C=O) groups excluding carboxylic acids is 3. The number of aliphatic hydroxyl groups is 1. The van der Waals surface area contributed by atoms with E-state index < -0.39 is 0 Å². The van der Waals surface area contributed by atoms with Crippen LogP contribution >= 0.6 is 0 Å². The summed E-state index contributed by atoms with van der Waals surface area (Å²) < 4.78 is 1.99. The highest BCUT2D eigenvalue weighted by Crippen LogP contribution is 2.30. The second kappa shape index (κ2) is 13.9.